The fourth-order valence-electron chi connectivity index (χ4n) is 3.21. The number of carbonyl (C=O) groups is 3. The van der Waals surface area contributed by atoms with Gasteiger partial charge in [-0.15, -0.1) is 0 Å². The molecule has 0 atom stereocenters. The number of hydrogen-bond acceptors (Lipinski definition) is 5. The Balaban J connectivity index is 1.54. The zero-order valence-electron chi connectivity index (χ0n) is 19.4. The average molecular weight is 511 g/mol. The molecular weight excluding hydrogens is 484 g/mol. The molecule has 10 nitrogen and oxygen atoms in total. The molecule has 0 radical (unpaired) electrons. The van der Waals surface area contributed by atoms with Crippen LogP contribution in [0.1, 0.15) is 17.5 Å². The van der Waals surface area contributed by atoms with Crippen molar-refractivity contribution in [1.82, 2.24) is 4.72 Å². The van der Waals surface area contributed by atoms with Crippen molar-refractivity contribution in [2.75, 3.05) is 22.5 Å². The van der Waals surface area contributed by atoms with Crippen molar-refractivity contribution in [2.45, 2.75) is 24.7 Å². The highest BCUT2D eigenvalue weighted by Crippen LogP contribution is 2.17. The molecule has 11 heteroatoms. The molecule has 36 heavy (non-hydrogen) atoms. The van der Waals surface area contributed by atoms with Gasteiger partial charge in [0, 0.05) is 23.6 Å². The van der Waals surface area contributed by atoms with E-state index in [4.69, 9.17) is 5.11 Å². The molecule has 3 rings (SSSR count). The molecule has 0 aliphatic carbocycles. The van der Waals surface area contributed by atoms with Gasteiger partial charge in [-0.1, -0.05) is 36.4 Å². The van der Waals surface area contributed by atoms with E-state index in [0.717, 1.165) is 5.56 Å². The Morgan fingerprint density at radius 3 is 2.25 bits per heavy atom. The van der Waals surface area contributed by atoms with Crippen LogP contribution in [0.4, 0.5) is 21.9 Å². The molecule has 3 aromatic rings. The lowest BCUT2D eigenvalue weighted by molar-refractivity contribution is -0.136. The molecule has 3 amide bonds. The van der Waals surface area contributed by atoms with E-state index in [0.29, 0.717) is 16.9 Å². The smallest absolute Gasteiger partial charge is 0.323 e. The lowest BCUT2D eigenvalue weighted by Gasteiger charge is -2.11. The molecule has 0 aliphatic rings. The first-order chi connectivity index (χ1) is 17.1. The predicted octanol–water partition coefficient (Wildman–Crippen LogP) is 3.57. The Morgan fingerprint density at radius 2 is 1.56 bits per heavy atom. The first-order valence-electron chi connectivity index (χ1n) is 11.0. The summed E-state index contributed by atoms with van der Waals surface area (Å²) in [7, 11) is -3.91. The number of sulfonamides is 1. The third-order valence-electron chi connectivity index (χ3n) is 5.03. The summed E-state index contributed by atoms with van der Waals surface area (Å²) in [4.78, 5) is 35.2. The van der Waals surface area contributed by atoms with Crippen molar-refractivity contribution in [3.63, 3.8) is 0 Å². The van der Waals surface area contributed by atoms with Crippen LogP contribution in [0, 0.1) is 6.92 Å². The molecule has 0 saturated carbocycles. The summed E-state index contributed by atoms with van der Waals surface area (Å²) in [5, 5.41) is 16.8. The molecule has 0 heterocycles. The maximum atomic E-state index is 12.5. The van der Waals surface area contributed by atoms with Crippen molar-refractivity contribution in [2.24, 2.45) is 0 Å². The van der Waals surface area contributed by atoms with Gasteiger partial charge >= 0.3 is 12.0 Å². The molecule has 3 aromatic carbocycles. The van der Waals surface area contributed by atoms with Gasteiger partial charge in [-0.05, 0) is 54.4 Å². The Hall–Kier alpha value is -4.22. The minimum Gasteiger partial charge on any atom is -0.481 e. The van der Waals surface area contributed by atoms with Gasteiger partial charge in [0.15, 0.2) is 0 Å². The second-order valence-electron chi connectivity index (χ2n) is 7.89. The number of aliphatic carboxylic acids is 1. The van der Waals surface area contributed by atoms with Crippen LogP contribution in [-0.4, -0.2) is 38.0 Å². The summed E-state index contributed by atoms with van der Waals surface area (Å²) < 4.78 is 26.8. The van der Waals surface area contributed by atoms with Crippen molar-refractivity contribution in [1.29, 1.82) is 0 Å². The van der Waals surface area contributed by atoms with E-state index in [9.17, 15) is 22.8 Å². The standard InChI is InChI=1S/C25H26N4O6S/c1-17-5-2-3-8-22(17)29-25(33)28-19-11-9-18(10-12-19)15-23(30)27-20-6-4-7-21(16-20)36(34,35)26-14-13-24(31)32/h2-12,16,26H,13-15H2,1H3,(H,27,30)(H,31,32)(H2,28,29,33). The minimum atomic E-state index is -3.91. The van der Waals surface area contributed by atoms with Crippen LogP contribution in [0.5, 0.6) is 0 Å². The lowest BCUT2D eigenvalue weighted by Crippen LogP contribution is -2.26. The largest absolute Gasteiger partial charge is 0.481 e. The monoisotopic (exact) mass is 510 g/mol. The number of carboxylic acids is 1. The van der Waals surface area contributed by atoms with Crippen LogP contribution in [0.15, 0.2) is 77.7 Å². The summed E-state index contributed by atoms with van der Waals surface area (Å²) in [6.45, 7) is 1.65. The van der Waals surface area contributed by atoms with Crippen LogP contribution in [0.25, 0.3) is 0 Å². The molecule has 0 fully saturated rings. The van der Waals surface area contributed by atoms with E-state index in [1.807, 2.05) is 25.1 Å². The summed E-state index contributed by atoms with van der Waals surface area (Å²) >= 11 is 0. The average Bonchev–Trinajstić information content (AvgIpc) is 2.81. The van der Waals surface area contributed by atoms with E-state index >= 15 is 0 Å². The number of carboxylic acid groups (broad SMARTS) is 1. The minimum absolute atomic E-state index is 0.0313. The molecule has 0 bridgehead atoms. The molecule has 0 saturated heterocycles. The number of rotatable bonds is 10. The Morgan fingerprint density at radius 1 is 0.833 bits per heavy atom. The highest BCUT2D eigenvalue weighted by atomic mass is 32.2. The van der Waals surface area contributed by atoms with E-state index in [-0.39, 0.29) is 41.9 Å². The lowest BCUT2D eigenvalue weighted by atomic mass is 10.1. The third-order valence-corrected chi connectivity index (χ3v) is 6.49. The van der Waals surface area contributed by atoms with Gasteiger partial charge in [0.1, 0.15) is 0 Å². The highest BCUT2D eigenvalue weighted by molar-refractivity contribution is 7.89. The zero-order chi connectivity index (χ0) is 26.1. The van der Waals surface area contributed by atoms with Gasteiger partial charge in [0.2, 0.25) is 15.9 Å². The van der Waals surface area contributed by atoms with Crippen LogP contribution < -0.4 is 20.7 Å². The number of hydrogen-bond donors (Lipinski definition) is 5. The second kappa shape index (κ2) is 12.0. The molecule has 0 unspecified atom stereocenters. The number of anilines is 3. The number of carbonyl (C=O) groups excluding carboxylic acids is 2. The quantitative estimate of drug-likeness (QED) is 0.281. The Labute approximate surface area is 208 Å². The number of nitrogens with one attached hydrogen (secondary N) is 4. The molecule has 188 valence electrons. The summed E-state index contributed by atoms with van der Waals surface area (Å²) in [6.07, 6.45) is -0.315. The number of urea groups is 1. The fraction of sp³-hybridized carbons (Fsp3) is 0.160. The predicted molar refractivity (Wildman–Crippen MR) is 136 cm³/mol. The van der Waals surface area contributed by atoms with Gasteiger partial charge in [-0.2, -0.15) is 0 Å². The Bertz CT molecular complexity index is 1360. The van der Waals surface area contributed by atoms with Gasteiger partial charge in [-0.3, -0.25) is 9.59 Å². The summed E-state index contributed by atoms with van der Waals surface area (Å²) in [5.74, 6) is -1.48. The molecular formula is C25H26N4O6S. The number of benzene rings is 3. The Kier molecular flexibility index (Phi) is 8.76. The van der Waals surface area contributed by atoms with E-state index in [2.05, 4.69) is 20.7 Å². The van der Waals surface area contributed by atoms with Gasteiger partial charge in [0.05, 0.1) is 17.7 Å². The van der Waals surface area contributed by atoms with E-state index in [1.54, 1.807) is 36.4 Å². The first-order valence-corrected chi connectivity index (χ1v) is 12.4. The summed E-state index contributed by atoms with van der Waals surface area (Å²) in [5.41, 5.74) is 3.17. The van der Waals surface area contributed by atoms with Crippen molar-refractivity contribution >= 4 is 45.0 Å². The van der Waals surface area contributed by atoms with E-state index in [1.165, 1.54) is 18.2 Å². The van der Waals surface area contributed by atoms with Crippen LogP contribution >= 0.6 is 0 Å². The maximum absolute atomic E-state index is 12.5. The van der Waals surface area contributed by atoms with Crippen molar-refractivity contribution in [3.05, 3.63) is 83.9 Å². The number of amides is 3. The SMILES string of the molecule is Cc1ccccc1NC(=O)Nc1ccc(CC(=O)Nc2cccc(S(=O)(=O)NCCC(=O)O)c2)cc1. The van der Waals surface area contributed by atoms with Crippen LogP contribution in [-0.2, 0) is 26.0 Å². The molecule has 0 aliphatic heterocycles. The van der Waals surface area contributed by atoms with Crippen LogP contribution in [0.3, 0.4) is 0 Å². The van der Waals surface area contributed by atoms with Crippen molar-refractivity contribution in [3.8, 4) is 0 Å². The topological polar surface area (TPSA) is 154 Å². The maximum Gasteiger partial charge on any atom is 0.323 e. The molecule has 0 aromatic heterocycles. The normalized spacial score (nSPS) is 10.9. The molecule has 5 N–H and O–H groups in total. The van der Waals surface area contributed by atoms with Crippen LogP contribution in [0.2, 0.25) is 0 Å². The van der Waals surface area contributed by atoms with E-state index < -0.39 is 16.0 Å². The van der Waals surface area contributed by atoms with Gasteiger partial charge in [-0.25, -0.2) is 17.9 Å². The zero-order valence-corrected chi connectivity index (χ0v) is 20.3. The first kappa shape index (κ1) is 26.4. The fourth-order valence-corrected chi connectivity index (χ4v) is 4.29. The van der Waals surface area contributed by atoms with Gasteiger partial charge < -0.3 is 21.1 Å². The second-order valence-corrected chi connectivity index (χ2v) is 9.65. The number of para-hydroxylation sites is 1. The van der Waals surface area contributed by atoms with Gasteiger partial charge in [0.25, 0.3) is 0 Å². The number of aryl methyl sites for hydroxylation is 1. The van der Waals surface area contributed by atoms with Crippen molar-refractivity contribution < 1.29 is 27.9 Å². The molecule has 0 spiro atoms. The third kappa shape index (κ3) is 7.93. The highest BCUT2D eigenvalue weighted by Gasteiger charge is 2.15. The summed E-state index contributed by atoms with van der Waals surface area (Å²) in [6, 6.07) is 19.5.